The third kappa shape index (κ3) is 4.79. The van der Waals surface area contributed by atoms with Crippen molar-refractivity contribution in [2.45, 2.75) is 50.6 Å². The first-order valence-corrected chi connectivity index (χ1v) is 14.6. The highest BCUT2D eigenvalue weighted by Gasteiger charge is 2.53. The minimum Gasteiger partial charge on any atom is -0.462 e. The number of Topliss-reactive ketones (excluding diaryl/α,β-unsaturated/α-hetero) is 1. The normalized spacial score (nSPS) is 25.4. The number of hydrogen-bond donors (Lipinski definition) is 1. The van der Waals surface area contributed by atoms with Crippen LogP contribution in [0.1, 0.15) is 47.3 Å². The third-order valence-electron chi connectivity index (χ3n) is 9.25. The first kappa shape index (κ1) is 27.8. The number of nitriles is 1. The molecule has 1 unspecified atom stereocenters. The van der Waals surface area contributed by atoms with Gasteiger partial charge in [0.1, 0.15) is 23.5 Å². The number of para-hydroxylation sites is 1. The maximum atomic E-state index is 14.3. The number of amides is 2. The molecule has 2 fully saturated rings. The molecule has 1 N–H and O–H groups in total. The zero-order chi connectivity index (χ0) is 29.4. The van der Waals surface area contributed by atoms with Crippen LogP contribution in [0.4, 0.5) is 11.5 Å². The predicted octanol–water partition coefficient (Wildman–Crippen LogP) is 2.38. The summed E-state index contributed by atoms with van der Waals surface area (Å²) >= 11 is 0. The van der Waals surface area contributed by atoms with Gasteiger partial charge in [0.2, 0.25) is 11.8 Å². The second kappa shape index (κ2) is 11.2. The van der Waals surface area contributed by atoms with Crippen LogP contribution in [0.3, 0.4) is 0 Å². The van der Waals surface area contributed by atoms with Crippen LogP contribution in [0.25, 0.3) is 0 Å². The van der Waals surface area contributed by atoms with Gasteiger partial charge in [0.05, 0.1) is 18.5 Å². The second-order valence-corrected chi connectivity index (χ2v) is 11.6. The molecule has 218 valence electrons. The van der Waals surface area contributed by atoms with E-state index in [2.05, 4.69) is 34.9 Å². The molecular weight excluding hydrogens is 534 g/mol. The molecule has 2 aromatic rings. The summed E-state index contributed by atoms with van der Waals surface area (Å²) in [7, 11) is 2.06. The maximum Gasteiger partial charge on any atom is 0.319 e. The van der Waals surface area contributed by atoms with Gasteiger partial charge in [-0.25, -0.2) is 0 Å². The number of ether oxygens (including phenoxy) is 1. The summed E-state index contributed by atoms with van der Waals surface area (Å²) in [6, 6.07) is 9.72. The molecule has 1 aromatic heterocycles. The number of aromatic nitrogens is 2. The summed E-state index contributed by atoms with van der Waals surface area (Å²) in [5.74, 6) is -0.276. The lowest BCUT2D eigenvalue weighted by atomic mass is 9.66. The lowest BCUT2D eigenvalue weighted by Gasteiger charge is -2.43. The number of anilines is 2. The Morgan fingerprint density at radius 1 is 1.24 bits per heavy atom. The number of piperazine rings is 1. The summed E-state index contributed by atoms with van der Waals surface area (Å²) in [4.78, 5) is 55.7. The number of ketones is 1. The van der Waals surface area contributed by atoms with Crippen molar-refractivity contribution in [2.75, 3.05) is 50.1 Å². The van der Waals surface area contributed by atoms with Crippen molar-refractivity contribution < 1.29 is 19.1 Å². The Balaban J connectivity index is 1.37. The molecule has 42 heavy (non-hydrogen) atoms. The Kier molecular flexibility index (Phi) is 7.41. The zero-order valence-corrected chi connectivity index (χ0v) is 23.8. The average molecular weight is 570 g/mol. The van der Waals surface area contributed by atoms with E-state index in [1.165, 1.54) is 6.08 Å². The lowest BCUT2D eigenvalue weighted by Crippen LogP contribution is -2.55. The fourth-order valence-corrected chi connectivity index (χ4v) is 6.80. The first-order chi connectivity index (χ1) is 20.3. The minimum atomic E-state index is -1.26. The first-order valence-electron chi connectivity index (χ1n) is 14.6. The molecular formula is C31H35N7O4. The number of nitrogens with one attached hydrogen (secondary N) is 1. The number of carbonyl (C=O) groups is 3. The highest BCUT2D eigenvalue weighted by molar-refractivity contribution is 6.19. The number of nitrogens with zero attached hydrogens (tertiary/aromatic N) is 6. The quantitative estimate of drug-likeness (QED) is 0.411. The van der Waals surface area contributed by atoms with Gasteiger partial charge in [0, 0.05) is 36.9 Å². The zero-order valence-electron chi connectivity index (χ0n) is 23.8. The molecule has 1 aromatic carbocycles. The Morgan fingerprint density at radius 2 is 2.07 bits per heavy atom. The van der Waals surface area contributed by atoms with E-state index in [4.69, 9.17) is 9.72 Å². The molecule has 1 spiro atoms. The molecule has 11 heteroatoms. The number of benzene rings is 1. The van der Waals surface area contributed by atoms with Gasteiger partial charge >= 0.3 is 6.01 Å². The van der Waals surface area contributed by atoms with Crippen molar-refractivity contribution in [1.82, 2.24) is 19.8 Å². The van der Waals surface area contributed by atoms with Crippen LogP contribution in [0.2, 0.25) is 0 Å². The van der Waals surface area contributed by atoms with E-state index in [0.29, 0.717) is 56.9 Å². The van der Waals surface area contributed by atoms with Gasteiger partial charge in [0.15, 0.2) is 5.78 Å². The molecule has 1 aliphatic carbocycles. The molecule has 11 nitrogen and oxygen atoms in total. The SMILES string of the molecule is C=CC(=O)N1CCN(c2nc(OC[C@@H]3CCCN3C)nc3c2CCC2(Cc4ccccc4NC2=O)C3=O)C[C@@H]1CC#N. The molecule has 4 aliphatic rings. The van der Waals surface area contributed by atoms with Crippen molar-refractivity contribution in [2.24, 2.45) is 5.41 Å². The Labute approximate surface area is 245 Å². The molecule has 0 radical (unpaired) electrons. The van der Waals surface area contributed by atoms with Crippen LogP contribution in [-0.2, 0) is 22.4 Å². The van der Waals surface area contributed by atoms with Crippen molar-refractivity contribution in [3.8, 4) is 12.1 Å². The molecule has 0 saturated carbocycles. The number of fused-ring (bicyclic) bond motifs is 2. The largest absolute Gasteiger partial charge is 0.462 e. The van der Waals surface area contributed by atoms with E-state index in [-0.39, 0.29) is 47.8 Å². The smallest absolute Gasteiger partial charge is 0.319 e. The van der Waals surface area contributed by atoms with E-state index in [9.17, 15) is 19.6 Å². The minimum absolute atomic E-state index is 0.104. The molecule has 3 aliphatic heterocycles. The lowest BCUT2D eigenvalue weighted by molar-refractivity contribution is -0.128. The van der Waals surface area contributed by atoms with Gasteiger partial charge in [-0.05, 0) is 63.4 Å². The van der Waals surface area contributed by atoms with E-state index < -0.39 is 5.41 Å². The van der Waals surface area contributed by atoms with Gasteiger partial charge in [-0.2, -0.15) is 15.2 Å². The van der Waals surface area contributed by atoms with Gasteiger partial charge in [-0.1, -0.05) is 24.8 Å². The van der Waals surface area contributed by atoms with Gasteiger partial charge in [0.25, 0.3) is 0 Å². The Morgan fingerprint density at radius 3 is 2.83 bits per heavy atom. The van der Waals surface area contributed by atoms with E-state index >= 15 is 0 Å². The fourth-order valence-electron chi connectivity index (χ4n) is 6.80. The van der Waals surface area contributed by atoms with Gasteiger partial charge in [-0.3, -0.25) is 14.4 Å². The summed E-state index contributed by atoms with van der Waals surface area (Å²) in [5.41, 5.74) is 1.30. The third-order valence-corrected chi connectivity index (χ3v) is 9.25. The summed E-state index contributed by atoms with van der Waals surface area (Å²) in [5, 5.41) is 12.4. The maximum absolute atomic E-state index is 14.3. The second-order valence-electron chi connectivity index (χ2n) is 11.6. The molecule has 4 heterocycles. The summed E-state index contributed by atoms with van der Waals surface area (Å²) in [6.45, 7) is 6.21. The van der Waals surface area contributed by atoms with Crippen LogP contribution < -0.4 is 15.0 Å². The van der Waals surface area contributed by atoms with E-state index in [1.807, 2.05) is 29.2 Å². The van der Waals surface area contributed by atoms with Gasteiger partial charge in [-0.15, -0.1) is 0 Å². The Bertz CT molecular complexity index is 1490. The highest BCUT2D eigenvalue weighted by atomic mass is 16.5. The number of hydrogen-bond acceptors (Lipinski definition) is 9. The van der Waals surface area contributed by atoms with E-state index in [0.717, 1.165) is 30.6 Å². The number of carbonyl (C=O) groups excluding carboxylic acids is 3. The molecule has 6 rings (SSSR count). The molecule has 2 amide bonds. The number of likely N-dealkylation sites (tertiary alicyclic amines) is 1. The fraction of sp³-hybridized carbons (Fsp3) is 0.484. The molecule has 3 atom stereocenters. The highest BCUT2D eigenvalue weighted by Crippen LogP contribution is 2.45. The topological polar surface area (TPSA) is 132 Å². The van der Waals surface area contributed by atoms with Crippen LogP contribution in [0.15, 0.2) is 36.9 Å². The number of rotatable bonds is 6. The van der Waals surface area contributed by atoms with E-state index in [1.54, 1.807) is 4.90 Å². The standard InChI is InChI=1S/C31H35N7O4/c1-3-25(39)38-16-15-37(18-21(38)11-13-32)28-23-10-12-31(17-20-7-4-5-9-24(20)33-29(31)41)27(40)26(23)34-30(35-28)42-19-22-8-6-14-36(22)2/h3-5,7,9,21-22H,1,6,8,10-12,14-19H2,2H3,(H,33,41)/t21-,22-,31?/m0/s1. The van der Waals surface area contributed by atoms with Crippen molar-refractivity contribution in [1.29, 1.82) is 5.26 Å². The van der Waals surface area contributed by atoms with Crippen molar-refractivity contribution in [3.63, 3.8) is 0 Å². The Hall–Kier alpha value is -4.30. The van der Waals surface area contributed by atoms with Crippen molar-refractivity contribution >= 4 is 29.1 Å². The predicted molar refractivity (Wildman–Crippen MR) is 155 cm³/mol. The van der Waals surface area contributed by atoms with Crippen LogP contribution in [-0.4, -0.2) is 89.3 Å². The van der Waals surface area contributed by atoms with Crippen LogP contribution in [0.5, 0.6) is 6.01 Å². The molecule has 2 saturated heterocycles. The summed E-state index contributed by atoms with van der Waals surface area (Å²) in [6.07, 6.45) is 4.59. The van der Waals surface area contributed by atoms with Crippen LogP contribution in [0, 0.1) is 16.7 Å². The molecule has 0 bridgehead atoms. The van der Waals surface area contributed by atoms with Gasteiger partial charge < -0.3 is 24.8 Å². The monoisotopic (exact) mass is 569 g/mol. The number of likely N-dealkylation sites (N-methyl/N-ethyl adjacent to an activating group) is 1. The van der Waals surface area contributed by atoms with Crippen molar-refractivity contribution in [3.05, 3.63) is 53.7 Å². The summed E-state index contributed by atoms with van der Waals surface area (Å²) < 4.78 is 6.14. The average Bonchev–Trinajstić information content (AvgIpc) is 3.42. The van der Waals surface area contributed by atoms with Crippen LogP contribution >= 0.6 is 0 Å².